The number of piperidine rings is 1. The number of carbonyl (C=O) groups excluding carboxylic acids is 2. The zero-order chi connectivity index (χ0) is 18.4. The lowest BCUT2D eigenvalue weighted by molar-refractivity contribution is -0.135. The molecule has 1 aliphatic rings. The molecule has 136 valence electrons. The minimum absolute atomic E-state index is 0.104. The Hall–Kier alpha value is -2.69. The van der Waals surface area contributed by atoms with E-state index in [-0.39, 0.29) is 18.0 Å². The fraction of sp³-hybridized carbons (Fsp3) is 0.333. The predicted molar refractivity (Wildman–Crippen MR) is 99.1 cm³/mol. The largest absolute Gasteiger partial charge is 0.342 e. The Morgan fingerprint density at radius 1 is 1.00 bits per heavy atom. The molecule has 1 aliphatic heterocycles. The highest BCUT2D eigenvalue weighted by molar-refractivity contribution is 6.03. The topological polar surface area (TPSA) is 49.4 Å². The molecule has 1 saturated heterocycles. The van der Waals surface area contributed by atoms with Crippen LogP contribution in [-0.4, -0.2) is 29.8 Å². The van der Waals surface area contributed by atoms with Crippen LogP contribution in [0, 0.1) is 11.7 Å². The number of benzene rings is 2. The van der Waals surface area contributed by atoms with Gasteiger partial charge in [0.2, 0.25) is 11.8 Å². The van der Waals surface area contributed by atoms with Gasteiger partial charge >= 0.3 is 0 Å². The molecule has 0 saturated carbocycles. The first kappa shape index (κ1) is 18.1. The van der Waals surface area contributed by atoms with Gasteiger partial charge in [0.05, 0.1) is 5.69 Å². The number of likely N-dealkylation sites (tertiary alicyclic amines) is 1. The second-order valence-corrected chi connectivity index (χ2v) is 6.72. The van der Waals surface area contributed by atoms with E-state index in [9.17, 15) is 14.0 Å². The van der Waals surface area contributed by atoms with Crippen molar-refractivity contribution in [3.8, 4) is 0 Å². The smallest absolute Gasteiger partial charge is 0.233 e. The number of carbonyl (C=O) groups is 2. The van der Waals surface area contributed by atoms with E-state index in [0.717, 1.165) is 19.3 Å². The SMILES string of the molecule is O=C(CC(=O)N1CCC(Cc2ccccc2)CC1)Nc1ccccc1F. The highest BCUT2D eigenvalue weighted by Gasteiger charge is 2.24. The monoisotopic (exact) mass is 354 g/mol. The molecule has 4 nitrogen and oxygen atoms in total. The van der Waals surface area contributed by atoms with Crippen LogP contribution in [0.5, 0.6) is 0 Å². The number of nitrogens with one attached hydrogen (secondary N) is 1. The summed E-state index contributed by atoms with van der Waals surface area (Å²) in [5, 5.41) is 2.46. The highest BCUT2D eigenvalue weighted by Crippen LogP contribution is 2.22. The lowest BCUT2D eigenvalue weighted by atomic mass is 9.90. The summed E-state index contributed by atoms with van der Waals surface area (Å²) >= 11 is 0. The molecule has 1 N–H and O–H groups in total. The average molecular weight is 354 g/mol. The van der Waals surface area contributed by atoms with Crippen LogP contribution in [0.15, 0.2) is 54.6 Å². The molecule has 1 heterocycles. The third-order valence-electron chi connectivity index (χ3n) is 4.79. The molecule has 1 fully saturated rings. The van der Waals surface area contributed by atoms with E-state index >= 15 is 0 Å². The first-order valence-corrected chi connectivity index (χ1v) is 8.98. The summed E-state index contributed by atoms with van der Waals surface area (Å²) in [6.07, 6.45) is 2.65. The Labute approximate surface area is 153 Å². The van der Waals surface area contributed by atoms with Crippen molar-refractivity contribution in [3.63, 3.8) is 0 Å². The minimum atomic E-state index is -0.505. The number of hydrogen-bond acceptors (Lipinski definition) is 2. The predicted octanol–water partition coefficient (Wildman–Crippen LogP) is 3.64. The van der Waals surface area contributed by atoms with Gasteiger partial charge in [-0.2, -0.15) is 0 Å². The van der Waals surface area contributed by atoms with Crippen LogP contribution < -0.4 is 5.32 Å². The van der Waals surface area contributed by atoms with Gasteiger partial charge in [0.25, 0.3) is 0 Å². The number of halogens is 1. The van der Waals surface area contributed by atoms with Crippen LogP contribution in [-0.2, 0) is 16.0 Å². The number of hydrogen-bond donors (Lipinski definition) is 1. The molecule has 2 aromatic rings. The Balaban J connectivity index is 1.45. The third kappa shape index (κ3) is 4.91. The summed E-state index contributed by atoms with van der Waals surface area (Å²) in [6, 6.07) is 16.3. The quantitative estimate of drug-likeness (QED) is 0.834. The zero-order valence-corrected chi connectivity index (χ0v) is 14.7. The summed E-state index contributed by atoms with van der Waals surface area (Å²) in [5.74, 6) is -0.618. The second kappa shape index (κ2) is 8.61. The summed E-state index contributed by atoms with van der Waals surface area (Å²) in [4.78, 5) is 26.1. The van der Waals surface area contributed by atoms with Gasteiger partial charge < -0.3 is 10.2 Å². The second-order valence-electron chi connectivity index (χ2n) is 6.72. The Morgan fingerprint density at radius 3 is 2.35 bits per heavy atom. The highest BCUT2D eigenvalue weighted by atomic mass is 19.1. The molecule has 0 spiro atoms. The van der Waals surface area contributed by atoms with Crippen molar-refractivity contribution in [2.75, 3.05) is 18.4 Å². The summed E-state index contributed by atoms with van der Waals surface area (Å²) in [6.45, 7) is 1.34. The van der Waals surface area contributed by atoms with Gasteiger partial charge in [-0.1, -0.05) is 42.5 Å². The molecule has 2 aromatic carbocycles. The van der Waals surface area contributed by atoms with Crippen molar-refractivity contribution in [2.24, 2.45) is 5.92 Å². The Morgan fingerprint density at radius 2 is 1.65 bits per heavy atom. The molecule has 5 heteroatoms. The number of anilines is 1. The van der Waals surface area contributed by atoms with E-state index < -0.39 is 11.7 Å². The van der Waals surface area contributed by atoms with Crippen LogP contribution in [0.2, 0.25) is 0 Å². The number of rotatable bonds is 5. The van der Waals surface area contributed by atoms with Crippen LogP contribution in [0.25, 0.3) is 0 Å². The van der Waals surface area contributed by atoms with Crippen molar-refractivity contribution in [2.45, 2.75) is 25.7 Å². The molecule has 26 heavy (non-hydrogen) atoms. The van der Waals surface area contributed by atoms with Gasteiger partial charge in [-0.05, 0) is 42.9 Å². The molecular formula is C21H23FN2O2. The maximum absolute atomic E-state index is 13.6. The Bertz CT molecular complexity index is 756. The van der Waals surface area contributed by atoms with Gasteiger partial charge in [-0.25, -0.2) is 4.39 Å². The maximum Gasteiger partial charge on any atom is 0.233 e. The van der Waals surface area contributed by atoms with Crippen LogP contribution in [0.4, 0.5) is 10.1 Å². The van der Waals surface area contributed by atoms with Crippen LogP contribution in [0.1, 0.15) is 24.8 Å². The van der Waals surface area contributed by atoms with E-state index in [1.54, 1.807) is 17.0 Å². The van der Waals surface area contributed by atoms with E-state index in [4.69, 9.17) is 0 Å². The summed E-state index contributed by atoms with van der Waals surface area (Å²) < 4.78 is 13.6. The third-order valence-corrected chi connectivity index (χ3v) is 4.79. The van der Waals surface area contributed by atoms with Crippen molar-refractivity contribution >= 4 is 17.5 Å². The first-order valence-electron chi connectivity index (χ1n) is 8.98. The Kier molecular flexibility index (Phi) is 6.00. The molecule has 0 bridgehead atoms. The average Bonchev–Trinajstić information content (AvgIpc) is 2.65. The lowest BCUT2D eigenvalue weighted by Crippen LogP contribution is -2.40. The van der Waals surface area contributed by atoms with Gasteiger partial charge in [0, 0.05) is 13.1 Å². The standard InChI is InChI=1S/C21H23FN2O2/c22-18-8-4-5-9-19(18)23-20(25)15-21(26)24-12-10-17(11-13-24)14-16-6-2-1-3-7-16/h1-9,17H,10-15H2,(H,23,25). The fourth-order valence-electron chi connectivity index (χ4n) is 3.34. The lowest BCUT2D eigenvalue weighted by Gasteiger charge is -2.32. The number of amides is 2. The van der Waals surface area contributed by atoms with Gasteiger partial charge in [-0.3, -0.25) is 9.59 Å². The fourth-order valence-corrected chi connectivity index (χ4v) is 3.34. The molecule has 0 aliphatic carbocycles. The summed E-state index contributed by atoms with van der Waals surface area (Å²) in [5.41, 5.74) is 1.42. The molecule has 0 atom stereocenters. The zero-order valence-electron chi connectivity index (χ0n) is 14.7. The first-order chi connectivity index (χ1) is 12.6. The van der Waals surface area contributed by atoms with E-state index in [1.165, 1.54) is 17.7 Å². The van der Waals surface area contributed by atoms with Gasteiger partial charge in [0.15, 0.2) is 0 Å². The van der Waals surface area contributed by atoms with Crippen molar-refractivity contribution in [3.05, 3.63) is 66.0 Å². The normalized spacial score (nSPS) is 14.9. The molecule has 3 rings (SSSR count). The number of para-hydroxylation sites is 1. The molecule has 2 amide bonds. The van der Waals surface area contributed by atoms with Crippen LogP contribution >= 0.6 is 0 Å². The maximum atomic E-state index is 13.6. The number of nitrogens with zero attached hydrogens (tertiary/aromatic N) is 1. The minimum Gasteiger partial charge on any atom is -0.342 e. The van der Waals surface area contributed by atoms with Crippen molar-refractivity contribution in [1.29, 1.82) is 0 Å². The molecule has 0 radical (unpaired) electrons. The van der Waals surface area contributed by atoms with Crippen molar-refractivity contribution in [1.82, 2.24) is 4.90 Å². The van der Waals surface area contributed by atoms with Gasteiger partial charge in [0.1, 0.15) is 12.2 Å². The molecule has 0 unspecified atom stereocenters. The van der Waals surface area contributed by atoms with E-state index in [2.05, 4.69) is 17.4 Å². The molecular weight excluding hydrogens is 331 g/mol. The summed E-state index contributed by atoms with van der Waals surface area (Å²) in [7, 11) is 0. The molecule has 0 aromatic heterocycles. The van der Waals surface area contributed by atoms with E-state index in [1.807, 2.05) is 18.2 Å². The van der Waals surface area contributed by atoms with E-state index in [0.29, 0.717) is 19.0 Å². The van der Waals surface area contributed by atoms with Crippen molar-refractivity contribution < 1.29 is 14.0 Å². The van der Waals surface area contributed by atoms with Gasteiger partial charge in [-0.15, -0.1) is 0 Å². The van der Waals surface area contributed by atoms with Crippen LogP contribution in [0.3, 0.4) is 0 Å².